The summed E-state index contributed by atoms with van der Waals surface area (Å²) in [7, 11) is 7.61. The number of aryl methyl sites for hydroxylation is 2. The molecule has 0 aliphatic rings. The zero-order chi connectivity index (χ0) is 19.9. The average Bonchev–Trinajstić information content (AvgIpc) is 3.00. The second-order valence-electron chi connectivity index (χ2n) is 6.01. The largest absolute Gasteiger partial charge is 0.502 e. The van der Waals surface area contributed by atoms with Gasteiger partial charge in [0.05, 0.1) is 14.2 Å². The Morgan fingerprint density at radius 2 is 1.56 bits per heavy atom. The number of phenolic OH excluding ortho intramolecular Hbond substituents is 1. The number of fused-ring (bicyclic) bond motifs is 1. The number of ether oxygens (including phenoxy) is 2. The van der Waals surface area contributed by atoms with E-state index in [4.69, 9.17) is 9.47 Å². The molecular formula is C18H20N4O5. The molecule has 0 bridgehead atoms. The first-order chi connectivity index (χ1) is 12.8. The third kappa shape index (κ3) is 2.86. The van der Waals surface area contributed by atoms with Gasteiger partial charge in [0, 0.05) is 21.1 Å². The molecule has 0 saturated carbocycles. The quantitative estimate of drug-likeness (QED) is 0.729. The van der Waals surface area contributed by atoms with Crippen LogP contribution in [0.4, 0.5) is 0 Å². The van der Waals surface area contributed by atoms with E-state index in [1.54, 1.807) is 42.9 Å². The maximum atomic E-state index is 12.4. The van der Waals surface area contributed by atoms with Crippen LogP contribution in [0.15, 0.2) is 21.7 Å². The first-order valence-corrected chi connectivity index (χ1v) is 8.05. The van der Waals surface area contributed by atoms with Crippen LogP contribution in [0.1, 0.15) is 11.4 Å². The number of aromatic nitrogens is 4. The van der Waals surface area contributed by atoms with Crippen molar-refractivity contribution in [3.63, 3.8) is 0 Å². The van der Waals surface area contributed by atoms with Crippen LogP contribution < -0.4 is 20.7 Å². The highest BCUT2D eigenvalue weighted by Crippen LogP contribution is 2.37. The van der Waals surface area contributed by atoms with E-state index in [9.17, 15) is 14.7 Å². The van der Waals surface area contributed by atoms with Crippen LogP contribution >= 0.6 is 0 Å². The highest BCUT2D eigenvalue weighted by molar-refractivity contribution is 5.77. The summed E-state index contributed by atoms with van der Waals surface area (Å²) < 4.78 is 14.3. The fourth-order valence-corrected chi connectivity index (χ4v) is 2.87. The molecule has 3 aromatic rings. The standard InChI is InChI=1S/C18H20N4O5/c1-20-13(19-16-14(20)17(24)22(3)18(25)21(16)2)7-6-10-8-11(26-4)15(23)12(9-10)27-5/h6-9,23H,1-5H3. The van der Waals surface area contributed by atoms with Gasteiger partial charge in [0.1, 0.15) is 5.82 Å². The van der Waals surface area contributed by atoms with Crippen LogP contribution in [0.5, 0.6) is 17.2 Å². The van der Waals surface area contributed by atoms with Gasteiger partial charge in [0.25, 0.3) is 5.56 Å². The molecule has 0 unspecified atom stereocenters. The number of imidazole rings is 1. The molecule has 3 rings (SSSR count). The first-order valence-electron chi connectivity index (χ1n) is 8.05. The number of nitrogens with zero attached hydrogens (tertiary/aromatic N) is 4. The molecule has 1 aromatic carbocycles. The van der Waals surface area contributed by atoms with Crippen molar-refractivity contribution >= 4 is 23.3 Å². The van der Waals surface area contributed by atoms with E-state index < -0.39 is 11.2 Å². The summed E-state index contributed by atoms with van der Waals surface area (Å²) in [5, 5.41) is 9.99. The number of hydrogen-bond acceptors (Lipinski definition) is 6. The van der Waals surface area contributed by atoms with Gasteiger partial charge in [0.15, 0.2) is 22.7 Å². The summed E-state index contributed by atoms with van der Waals surface area (Å²) >= 11 is 0. The Balaban J connectivity index is 2.14. The summed E-state index contributed by atoms with van der Waals surface area (Å²) in [6.07, 6.45) is 3.45. The number of benzene rings is 1. The minimum absolute atomic E-state index is 0.0848. The van der Waals surface area contributed by atoms with Crippen LogP contribution in [0, 0.1) is 0 Å². The lowest BCUT2D eigenvalue weighted by Gasteiger charge is -2.09. The molecule has 2 aromatic heterocycles. The van der Waals surface area contributed by atoms with Gasteiger partial charge in [-0.15, -0.1) is 0 Å². The molecular weight excluding hydrogens is 352 g/mol. The van der Waals surface area contributed by atoms with E-state index in [2.05, 4.69) is 4.98 Å². The third-order valence-electron chi connectivity index (χ3n) is 4.44. The summed E-state index contributed by atoms with van der Waals surface area (Å²) in [4.78, 5) is 28.9. The van der Waals surface area contributed by atoms with Gasteiger partial charge in [-0.25, -0.2) is 9.78 Å². The molecule has 9 nitrogen and oxygen atoms in total. The van der Waals surface area contributed by atoms with Crippen molar-refractivity contribution in [2.24, 2.45) is 21.1 Å². The maximum absolute atomic E-state index is 12.4. The Bertz CT molecular complexity index is 1160. The number of aromatic hydroxyl groups is 1. The number of hydrogen-bond donors (Lipinski definition) is 1. The maximum Gasteiger partial charge on any atom is 0.332 e. The van der Waals surface area contributed by atoms with Crippen molar-refractivity contribution in [2.75, 3.05) is 14.2 Å². The van der Waals surface area contributed by atoms with Gasteiger partial charge >= 0.3 is 5.69 Å². The molecule has 0 aliphatic carbocycles. The van der Waals surface area contributed by atoms with E-state index in [0.717, 1.165) is 4.57 Å². The summed E-state index contributed by atoms with van der Waals surface area (Å²) in [6, 6.07) is 3.29. The molecule has 0 aliphatic heterocycles. The smallest absolute Gasteiger partial charge is 0.332 e. The molecule has 142 valence electrons. The second kappa shape index (κ2) is 6.67. The van der Waals surface area contributed by atoms with Gasteiger partial charge in [0.2, 0.25) is 5.75 Å². The van der Waals surface area contributed by atoms with Crippen LogP contribution in [0.25, 0.3) is 23.3 Å². The first kappa shape index (κ1) is 18.3. The van der Waals surface area contributed by atoms with Crippen molar-refractivity contribution in [2.45, 2.75) is 0 Å². The number of rotatable bonds is 4. The summed E-state index contributed by atoms with van der Waals surface area (Å²) in [5.74, 6) is 0.957. The Morgan fingerprint density at radius 1 is 0.963 bits per heavy atom. The predicted octanol–water partition coefficient (Wildman–Crippen LogP) is 0.864. The van der Waals surface area contributed by atoms with Gasteiger partial charge < -0.3 is 19.1 Å². The van der Waals surface area contributed by atoms with E-state index in [-0.39, 0.29) is 17.2 Å². The van der Waals surface area contributed by atoms with Crippen molar-refractivity contribution in [1.82, 2.24) is 18.7 Å². The molecule has 0 fully saturated rings. The van der Waals surface area contributed by atoms with Crippen molar-refractivity contribution < 1.29 is 14.6 Å². The molecule has 27 heavy (non-hydrogen) atoms. The van der Waals surface area contributed by atoms with Crippen LogP contribution in [0.2, 0.25) is 0 Å². The molecule has 0 atom stereocenters. The minimum Gasteiger partial charge on any atom is -0.502 e. The van der Waals surface area contributed by atoms with Crippen molar-refractivity contribution in [3.05, 3.63) is 44.4 Å². The van der Waals surface area contributed by atoms with E-state index in [1.807, 2.05) is 0 Å². The monoisotopic (exact) mass is 372 g/mol. The Hall–Kier alpha value is -3.49. The van der Waals surface area contributed by atoms with E-state index in [1.165, 1.54) is 25.8 Å². The molecule has 9 heteroatoms. The molecule has 0 spiro atoms. The lowest BCUT2D eigenvalue weighted by atomic mass is 10.1. The highest BCUT2D eigenvalue weighted by Gasteiger charge is 2.16. The van der Waals surface area contributed by atoms with Gasteiger partial charge in [-0.2, -0.15) is 0 Å². The Morgan fingerprint density at radius 3 is 2.11 bits per heavy atom. The lowest BCUT2D eigenvalue weighted by molar-refractivity contribution is 0.340. The zero-order valence-electron chi connectivity index (χ0n) is 15.7. The fourth-order valence-electron chi connectivity index (χ4n) is 2.87. The SMILES string of the molecule is COc1cc(C=Cc2nc3c(c(=O)n(C)c(=O)n3C)n2C)cc(OC)c1O. The highest BCUT2D eigenvalue weighted by atomic mass is 16.5. The van der Waals surface area contributed by atoms with Gasteiger partial charge in [-0.05, 0) is 23.8 Å². The minimum atomic E-state index is -0.436. The predicted molar refractivity (Wildman–Crippen MR) is 101 cm³/mol. The molecule has 1 N–H and O–H groups in total. The van der Waals surface area contributed by atoms with Gasteiger partial charge in [-0.1, -0.05) is 6.08 Å². The Kier molecular flexibility index (Phi) is 4.52. The van der Waals surface area contributed by atoms with Crippen molar-refractivity contribution in [3.8, 4) is 17.2 Å². The molecule has 0 saturated heterocycles. The number of phenols is 1. The normalized spacial score (nSPS) is 11.4. The second-order valence-corrected chi connectivity index (χ2v) is 6.01. The molecule has 0 radical (unpaired) electrons. The van der Waals surface area contributed by atoms with Crippen LogP contribution in [-0.2, 0) is 21.1 Å². The summed E-state index contributed by atoms with van der Waals surface area (Å²) in [5.41, 5.74) is 0.506. The zero-order valence-corrected chi connectivity index (χ0v) is 15.7. The van der Waals surface area contributed by atoms with E-state index in [0.29, 0.717) is 22.6 Å². The van der Waals surface area contributed by atoms with Crippen LogP contribution in [-0.4, -0.2) is 38.0 Å². The van der Waals surface area contributed by atoms with Crippen molar-refractivity contribution in [1.29, 1.82) is 0 Å². The topological polar surface area (TPSA) is 101 Å². The lowest BCUT2D eigenvalue weighted by Crippen LogP contribution is -2.37. The fraction of sp³-hybridized carbons (Fsp3) is 0.278. The number of methoxy groups -OCH3 is 2. The van der Waals surface area contributed by atoms with E-state index >= 15 is 0 Å². The average molecular weight is 372 g/mol. The molecule has 0 amide bonds. The third-order valence-corrected chi connectivity index (χ3v) is 4.44. The molecule has 2 heterocycles. The Labute approximate surface area is 154 Å². The van der Waals surface area contributed by atoms with Gasteiger partial charge in [-0.3, -0.25) is 13.9 Å². The van der Waals surface area contributed by atoms with Crippen LogP contribution in [0.3, 0.4) is 0 Å². The summed E-state index contributed by atoms with van der Waals surface area (Å²) in [6.45, 7) is 0.